The summed E-state index contributed by atoms with van der Waals surface area (Å²) in [5.41, 5.74) is 3.46. The summed E-state index contributed by atoms with van der Waals surface area (Å²) in [6.07, 6.45) is 3.75. The van der Waals surface area contributed by atoms with E-state index in [1.165, 1.54) is 5.56 Å². The van der Waals surface area contributed by atoms with Gasteiger partial charge in [0.25, 0.3) is 0 Å². The van der Waals surface area contributed by atoms with Gasteiger partial charge in [-0.15, -0.1) is 0 Å². The number of hydrogen-bond acceptors (Lipinski definition) is 3. The summed E-state index contributed by atoms with van der Waals surface area (Å²) < 4.78 is 1.91. The van der Waals surface area contributed by atoms with Gasteiger partial charge in [0.1, 0.15) is 0 Å². The quantitative estimate of drug-likeness (QED) is 0.387. The highest BCUT2D eigenvalue weighted by Gasteiger charge is 2.10. The summed E-state index contributed by atoms with van der Waals surface area (Å²) in [5, 5.41) is 20.7. The maximum Gasteiger partial charge on any atom is 0.191 e. The van der Waals surface area contributed by atoms with Gasteiger partial charge in [-0.2, -0.15) is 5.10 Å². The molecule has 0 aliphatic carbocycles. The van der Waals surface area contributed by atoms with Gasteiger partial charge in [0.05, 0.1) is 19.7 Å². The Kier molecular flexibility index (Phi) is 7.83. The highest BCUT2D eigenvalue weighted by atomic mass is 16.3. The van der Waals surface area contributed by atoms with Crippen molar-refractivity contribution in [1.82, 2.24) is 20.4 Å². The Hall–Kier alpha value is -3.12. The van der Waals surface area contributed by atoms with Crippen molar-refractivity contribution in [2.24, 2.45) is 4.99 Å². The fraction of sp³-hybridized carbons (Fsp3) is 0.304. The number of hydrogen-bond donors (Lipinski definition) is 3. The van der Waals surface area contributed by atoms with Gasteiger partial charge in [0.2, 0.25) is 0 Å². The molecule has 0 saturated carbocycles. The molecule has 1 unspecified atom stereocenters. The van der Waals surface area contributed by atoms with Crippen molar-refractivity contribution in [3.63, 3.8) is 0 Å². The molecule has 1 aromatic heterocycles. The van der Waals surface area contributed by atoms with Crippen LogP contribution >= 0.6 is 0 Å². The smallest absolute Gasteiger partial charge is 0.191 e. The molecule has 6 heteroatoms. The zero-order valence-corrected chi connectivity index (χ0v) is 16.8. The fourth-order valence-electron chi connectivity index (χ4n) is 3.15. The normalized spacial score (nSPS) is 12.6. The summed E-state index contributed by atoms with van der Waals surface area (Å²) in [5.74, 6) is 0.775. The summed E-state index contributed by atoms with van der Waals surface area (Å²) in [6, 6.07) is 20.4. The first-order valence-electron chi connectivity index (χ1n) is 10.0. The van der Waals surface area contributed by atoms with Gasteiger partial charge in [0, 0.05) is 31.4 Å². The standard InChI is InChI=1S/C23H29N5O/c1-2-24-23(26-16-22(18-29)21-10-4-3-5-11-21)25-15-19-8-6-9-20(14-19)17-28-13-7-12-27-28/h3-14,22,29H,2,15-18H2,1H3,(H2,24,25,26). The third-order valence-electron chi connectivity index (χ3n) is 4.67. The van der Waals surface area contributed by atoms with Gasteiger partial charge in [-0.25, -0.2) is 4.99 Å². The van der Waals surface area contributed by atoms with E-state index in [0.29, 0.717) is 13.1 Å². The van der Waals surface area contributed by atoms with E-state index in [1.54, 1.807) is 6.20 Å². The summed E-state index contributed by atoms with van der Waals surface area (Å²) in [6.45, 7) is 4.86. The molecule has 0 aliphatic heterocycles. The molecule has 0 radical (unpaired) electrons. The predicted octanol–water partition coefficient (Wildman–Crippen LogP) is 2.76. The Balaban J connectivity index is 1.61. The first-order chi connectivity index (χ1) is 14.3. The predicted molar refractivity (Wildman–Crippen MR) is 117 cm³/mol. The SMILES string of the molecule is CCNC(=NCc1cccc(Cn2cccn2)c1)NCC(CO)c1ccccc1. The second-order valence-electron chi connectivity index (χ2n) is 6.89. The van der Waals surface area contributed by atoms with E-state index in [0.717, 1.165) is 30.2 Å². The second kappa shape index (κ2) is 11.0. The summed E-state index contributed by atoms with van der Waals surface area (Å²) in [4.78, 5) is 4.71. The van der Waals surface area contributed by atoms with Crippen molar-refractivity contribution in [2.75, 3.05) is 19.7 Å². The molecule has 0 bridgehead atoms. The van der Waals surface area contributed by atoms with Gasteiger partial charge in [-0.1, -0.05) is 54.6 Å². The van der Waals surface area contributed by atoms with Crippen LogP contribution in [0, 0.1) is 0 Å². The third-order valence-corrected chi connectivity index (χ3v) is 4.67. The van der Waals surface area contributed by atoms with Crippen molar-refractivity contribution in [1.29, 1.82) is 0 Å². The number of benzene rings is 2. The summed E-state index contributed by atoms with van der Waals surface area (Å²) in [7, 11) is 0. The molecular formula is C23H29N5O. The van der Waals surface area contributed by atoms with Gasteiger partial charge in [0.15, 0.2) is 5.96 Å². The van der Waals surface area contributed by atoms with Crippen LogP contribution in [0.1, 0.15) is 29.5 Å². The number of nitrogens with one attached hydrogen (secondary N) is 2. The molecule has 0 amide bonds. The molecule has 3 N–H and O–H groups in total. The molecule has 1 heterocycles. The van der Waals surface area contributed by atoms with E-state index in [1.807, 2.05) is 54.2 Å². The van der Waals surface area contributed by atoms with Crippen molar-refractivity contribution in [2.45, 2.75) is 25.9 Å². The maximum atomic E-state index is 9.76. The minimum absolute atomic E-state index is 0.0254. The van der Waals surface area contributed by atoms with Gasteiger partial charge >= 0.3 is 0 Å². The zero-order chi connectivity index (χ0) is 20.3. The first-order valence-corrected chi connectivity index (χ1v) is 10.0. The topological polar surface area (TPSA) is 74.5 Å². The average molecular weight is 392 g/mol. The van der Waals surface area contributed by atoms with Crippen LogP contribution in [-0.2, 0) is 13.1 Å². The second-order valence-corrected chi connectivity index (χ2v) is 6.89. The Bertz CT molecular complexity index is 877. The molecule has 6 nitrogen and oxygen atoms in total. The molecule has 29 heavy (non-hydrogen) atoms. The van der Waals surface area contributed by atoms with E-state index in [9.17, 15) is 5.11 Å². The average Bonchev–Trinajstić information content (AvgIpc) is 3.26. The first kappa shape index (κ1) is 20.6. The zero-order valence-electron chi connectivity index (χ0n) is 16.8. The van der Waals surface area contributed by atoms with Crippen molar-refractivity contribution < 1.29 is 5.11 Å². The Morgan fingerprint density at radius 3 is 2.62 bits per heavy atom. The monoisotopic (exact) mass is 391 g/mol. The number of aliphatic hydroxyl groups is 1. The van der Waals surface area contributed by atoms with Gasteiger partial charge in [-0.3, -0.25) is 4.68 Å². The number of guanidine groups is 1. The molecule has 1 atom stereocenters. The minimum Gasteiger partial charge on any atom is -0.396 e. The molecule has 0 saturated heterocycles. The van der Waals surface area contributed by atoms with Gasteiger partial charge in [-0.05, 0) is 29.7 Å². The molecule has 3 aromatic rings. The van der Waals surface area contributed by atoms with Gasteiger partial charge < -0.3 is 15.7 Å². The van der Waals surface area contributed by atoms with Crippen LogP contribution in [0.3, 0.4) is 0 Å². The minimum atomic E-state index is 0.0254. The van der Waals surface area contributed by atoms with Crippen LogP contribution in [0.5, 0.6) is 0 Å². The lowest BCUT2D eigenvalue weighted by molar-refractivity contribution is 0.265. The van der Waals surface area contributed by atoms with E-state index in [4.69, 9.17) is 4.99 Å². The van der Waals surface area contributed by atoms with E-state index >= 15 is 0 Å². The molecule has 152 valence electrons. The van der Waals surface area contributed by atoms with Crippen molar-refractivity contribution in [3.8, 4) is 0 Å². The fourth-order valence-corrected chi connectivity index (χ4v) is 3.15. The summed E-state index contributed by atoms with van der Waals surface area (Å²) >= 11 is 0. The van der Waals surface area contributed by atoms with Crippen LogP contribution in [0.2, 0.25) is 0 Å². The Labute approximate surface area is 172 Å². The largest absolute Gasteiger partial charge is 0.396 e. The molecule has 3 rings (SSSR count). The molecular weight excluding hydrogens is 362 g/mol. The van der Waals surface area contributed by atoms with Crippen LogP contribution in [-0.4, -0.2) is 40.5 Å². The van der Waals surface area contributed by atoms with Crippen LogP contribution in [0.4, 0.5) is 0 Å². The lowest BCUT2D eigenvalue weighted by Crippen LogP contribution is -2.39. The van der Waals surface area contributed by atoms with Crippen molar-refractivity contribution in [3.05, 3.63) is 89.7 Å². The lowest BCUT2D eigenvalue weighted by atomic mass is 10.0. The number of aliphatic hydroxyl groups excluding tert-OH is 1. The molecule has 2 aromatic carbocycles. The molecule has 0 spiro atoms. The highest BCUT2D eigenvalue weighted by Crippen LogP contribution is 2.13. The van der Waals surface area contributed by atoms with E-state index in [2.05, 4.69) is 40.0 Å². The number of aromatic nitrogens is 2. The van der Waals surface area contributed by atoms with Crippen LogP contribution in [0.25, 0.3) is 0 Å². The number of nitrogens with zero attached hydrogens (tertiary/aromatic N) is 3. The highest BCUT2D eigenvalue weighted by molar-refractivity contribution is 5.79. The molecule has 0 fully saturated rings. The Morgan fingerprint density at radius 1 is 1.07 bits per heavy atom. The van der Waals surface area contributed by atoms with Crippen LogP contribution < -0.4 is 10.6 Å². The van der Waals surface area contributed by atoms with E-state index < -0.39 is 0 Å². The molecule has 0 aliphatic rings. The maximum absolute atomic E-state index is 9.76. The van der Waals surface area contributed by atoms with Crippen LogP contribution in [0.15, 0.2) is 78.0 Å². The Morgan fingerprint density at radius 2 is 1.90 bits per heavy atom. The van der Waals surface area contributed by atoms with E-state index in [-0.39, 0.29) is 12.5 Å². The number of rotatable bonds is 9. The number of aliphatic imine (C=N–C) groups is 1. The lowest BCUT2D eigenvalue weighted by Gasteiger charge is -2.18. The van der Waals surface area contributed by atoms with Crippen molar-refractivity contribution >= 4 is 5.96 Å². The third kappa shape index (κ3) is 6.47.